The molecule has 23 heavy (non-hydrogen) atoms. The zero-order valence-corrected chi connectivity index (χ0v) is 14.4. The van der Waals surface area contributed by atoms with Crippen molar-refractivity contribution >= 4 is 22.9 Å². The lowest BCUT2D eigenvalue weighted by atomic mass is 9.93. The number of carbonyl (C=O) groups excluding carboxylic acids is 1. The van der Waals surface area contributed by atoms with Gasteiger partial charge in [0.25, 0.3) is 5.91 Å². The number of nitrogens with two attached hydrogens (primary N) is 1. The van der Waals surface area contributed by atoms with Crippen molar-refractivity contribution in [2.24, 2.45) is 0 Å². The molecule has 2 atom stereocenters. The van der Waals surface area contributed by atoms with E-state index in [2.05, 4.69) is 35.5 Å². The van der Waals surface area contributed by atoms with Gasteiger partial charge < -0.3 is 11.1 Å². The Balaban J connectivity index is 1.55. The third-order valence-corrected chi connectivity index (χ3v) is 5.65. The number of hydrogen-bond donors (Lipinski definition) is 2. The molecule has 3 N–H and O–H groups in total. The highest BCUT2D eigenvalue weighted by molar-refractivity contribution is 7.10. The second-order valence-corrected chi connectivity index (χ2v) is 7.14. The predicted octanol–water partition coefficient (Wildman–Crippen LogP) is 3.24. The monoisotopic (exact) mass is 329 g/mol. The first-order valence-electron chi connectivity index (χ1n) is 8.01. The number of nitrogens with zero attached hydrogens (tertiary/aromatic N) is 1. The molecule has 0 fully saturated rings. The van der Waals surface area contributed by atoms with Gasteiger partial charge in [-0.05, 0) is 54.1 Å². The van der Waals surface area contributed by atoms with Crippen LogP contribution < -0.4 is 11.1 Å². The van der Waals surface area contributed by atoms with E-state index in [0.717, 1.165) is 13.1 Å². The molecule has 5 heteroatoms. The Labute approximate surface area is 141 Å². The smallest absolute Gasteiger partial charge is 0.251 e. The van der Waals surface area contributed by atoms with Crippen LogP contribution in [0.25, 0.3) is 0 Å². The maximum Gasteiger partial charge on any atom is 0.251 e. The molecular weight excluding hydrogens is 306 g/mol. The number of benzene rings is 1. The van der Waals surface area contributed by atoms with Crippen LogP contribution in [-0.2, 0) is 0 Å². The highest BCUT2D eigenvalue weighted by Gasteiger charge is 2.28. The summed E-state index contributed by atoms with van der Waals surface area (Å²) in [5.41, 5.74) is 8.46. The molecule has 4 nitrogen and oxygen atoms in total. The topological polar surface area (TPSA) is 58.4 Å². The van der Waals surface area contributed by atoms with Gasteiger partial charge in [0.2, 0.25) is 0 Å². The number of nitrogens with one attached hydrogen (secondary N) is 1. The molecular formula is C18H23N3OS. The highest BCUT2D eigenvalue weighted by atomic mass is 32.1. The van der Waals surface area contributed by atoms with Crippen LogP contribution in [0.4, 0.5) is 5.69 Å². The predicted molar refractivity (Wildman–Crippen MR) is 95.9 cm³/mol. The summed E-state index contributed by atoms with van der Waals surface area (Å²) in [6.07, 6.45) is 0. The van der Waals surface area contributed by atoms with Gasteiger partial charge in [0.05, 0.1) is 0 Å². The lowest BCUT2D eigenvalue weighted by molar-refractivity contribution is 0.0942. The van der Waals surface area contributed by atoms with E-state index in [9.17, 15) is 4.79 Å². The lowest BCUT2D eigenvalue weighted by Crippen LogP contribution is -2.40. The Hall–Kier alpha value is -1.85. The second-order valence-electron chi connectivity index (χ2n) is 6.19. The van der Waals surface area contributed by atoms with Crippen molar-refractivity contribution in [1.82, 2.24) is 10.2 Å². The summed E-state index contributed by atoms with van der Waals surface area (Å²) in [7, 11) is 0. The molecule has 0 saturated carbocycles. The Kier molecular flexibility index (Phi) is 4.68. The third kappa shape index (κ3) is 3.41. The van der Waals surface area contributed by atoms with E-state index in [1.807, 2.05) is 11.3 Å². The summed E-state index contributed by atoms with van der Waals surface area (Å²) < 4.78 is 0. The van der Waals surface area contributed by atoms with Crippen molar-refractivity contribution < 1.29 is 4.79 Å². The van der Waals surface area contributed by atoms with E-state index in [4.69, 9.17) is 5.73 Å². The molecule has 1 aliphatic heterocycles. The standard InChI is InChI=1S/C18H23N3OS/c1-12-11-21(13(2)17-16(12)7-10-23-17)9-8-20-18(22)14-3-5-15(19)6-4-14/h3-7,10,12-13H,8-9,11,19H2,1-2H3,(H,20,22)/t12-,13+/m0/s1. The van der Waals surface area contributed by atoms with Crippen molar-refractivity contribution in [3.63, 3.8) is 0 Å². The van der Waals surface area contributed by atoms with Gasteiger partial charge in [-0.1, -0.05) is 6.92 Å². The first-order valence-corrected chi connectivity index (χ1v) is 8.89. The number of nitrogen functional groups attached to an aromatic ring is 1. The van der Waals surface area contributed by atoms with Gasteiger partial charge in [0.15, 0.2) is 0 Å². The van der Waals surface area contributed by atoms with Crippen molar-refractivity contribution in [3.05, 3.63) is 51.7 Å². The molecule has 0 spiro atoms. The van der Waals surface area contributed by atoms with Gasteiger partial charge >= 0.3 is 0 Å². The average molecular weight is 329 g/mol. The minimum absolute atomic E-state index is 0.0421. The zero-order valence-electron chi connectivity index (χ0n) is 13.6. The molecule has 1 aliphatic rings. The van der Waals surface area contributed by atoms with Crippen molar-refractivity contribution in [3.8, 4) is 0 Å². The van der Waals surface area contributed by atoms with Crippen LogP contribution in [0.3, 0.4) is 0 Å². The van der Waals surface area contributed by atoms with Gasteiger partial charge in [-0.2, -0.15) is 0 Å². The second kappa shape index (κ2) is 6.72. The Morgan fingerprint density at radius 1 is 1.30 bits per heavy atom. The van der Waals surface area contributed by atoms with Crippen LogP contribution in [0.5, 0.6) is 0 Å². The van der Waals surface area contributed by atoms with E-state index in [-0.39, 0.29) is 5.91 Å². The molecule has 0 radical (unpaired) electrons. The molecule has 1 amide bonds. The minimum Gasteiger partial charge on any atom is -0.399 e. The van der Waals surface area contributed by atoms with Crippen LogP contribution in [-0.4, -0.2) is 30.4 Å². The normalized spacial score (nSPS) is 21.0. The molecule has 0 aliphatic carbocycles. The third-order valence-electron chi connectivity index (χ3n) is 4.55. The van der Waals surface area contributed by atoms with E-state index < -0.39 is 0 Å². The summed E-state index contributed by atoms with van der Waals surface area (Å²) >= 11 is 1.84. The van der Waals surface area contributed by atoms with Crippen LogP contribution in [0.1, 0.15) is 46.6 Å². The first-order chi connectivity index (χ1) is 11.1. The van der Waals surface area contributed by atoms with Crippen LogP contribution in [0, 0.1) is 0 Å². The molecule has 1 aromatic heterocycles. The molecule has 0 bridgehead atoms. The molecule has 2 heterocycles. The molecule has 2 aromatic rings. The number of amides is 1. The highest BCUT2D eigenvalue weighted by Crippen LogP contribution is 2.38. The first kappa shape index (κ1) is 16.0. The quantitative estimate of drug-likeness (QED) is 0.847. The fraction of sp³-hybridized carbons (Fsp3) is 0.389. The molecule has 3 rings (SSSR count). The lowest BCUT2D eigenvalue weighted by Gasteiger charge is -2.36. The van der Waals surface area contributed by atoms with E-state index in [0.29, 0.717) is 29.8 Å². The van der Waals surface area contributed by atoms with E-state index in [1.165, 1.54) is 10.4 Å². The minimum atomic E-state index is -0.0421. The van der Waals surface area contributed by atoms with Crippen LogP contribution >= 0.6 is 11.3 Å². The maximum absolute atomic E-state index is 12.1. The number of hydrogen-bond acceptors (Lipinski definition) is 4. The number of thiophene rings is 1. The van der Waals surface area contributed by atoms with Crippen LogP contribution in [0.2, 0.25) is 0 Å². The Bertz CT molecular complexity index is 680. The fourth-order valence-corrected chi connectivity index (χ4v) is 4.30. The molecule has 0 unspecified atom stereocenters. The van der Waals surface area contributed by atoms with E-state index in [1.54, 1.807) is 24.3 Å². The summed E-state index contributed by atoms with van der Waals surface area (Å²) in [6.45, 7) is 7.09. The molecule has 0 saturated heterocycles. The van der Waals surface area contributed by atoms with Crippen molar-refractivity contribution in [2.75, 3.05) is 25.4 Å². The van der Waals surface area contributed by atoms with Crippen molar-refractivity contribution in [1.29, 1.82) is 0 Å². The summed E-state index contributed by atoms with van der Waals surface area (Å²) in [5.74, 6) is 0.514. The van der Waals surface area contributed by atoms with Gasteiger partial charge in [-0.15, -0.1) is 11.3 Å². The Morgan fingerprint density at radius 3 is 2.78 bits per heavy atom. The maximum atomic E-state index is 12.1. The van der Waals surface area contributed by atoms with Crippen LogP contribution in [0.15, 0.2) is 35.7 Å². The summed E-state index contributed by atoms with van der Waals surface area (Å²) in [4.78, 5) is 16.0. The van der Waals surface area contributed by atoms with Gasteiger partial charge in [0, 0.05) is 41.8 Å². The van der Waals surface area contributed by atoms with Crippen molar-refractivity contribution in [2.45, 2.75) is 25.8 Å². The van der Waals surface area contributed by atoms with Gasteiger partial charge in [-0.3, -0.25) is 9.69 Å². The molecule has 122 valence electrons. The summed E-state index contributed by atoms with van der Waals surface area (Å²) in [5, 5.41) is 5.19. The SMILES string of the molecule is C[C@@H]1c2sccc2[C@@H](C)CN1CCNC(=O)c1ccc(N)cc1. The van der Waals surface area contributed by atoms with Gasteiger partial charge in [0.1, 0.15) is 0 Å². The average Bonchev–Trinajstić information content (AvgIpc) is 3.03. The van der Waals surface area contributed by atoms with E-state index >= 15 is 0 Å². The largest absolute Gasteiger partial charge is 0.399 e. The number of carbonyl (C=O) groups is 1. The number of rotatable bonds is 4. The summed E-state index contributed by atoms with van der Waals surface area (Å²) in [6, 6.07) is 9.70. The molecule has 1 aromatic carbocycles. The number of fused-ring (bicyclic) bond motifs is 1. The van der Waals surface area contributed by atoms with Gasteiger partial charge in [-0.25, -0.2) is 0 Å². The zero-order chi connectivity index (χ0) is 16.4. The number of anilines is 1. The fourth-order valence-electron chi connectivity index (χ4n) is 3.19. The Morgan fingerprint density at radius 2 is 2.04 bits per heavy atom.